The van der Waals surface area contributed by atoms with Crippen LogP contribution in [0.3, 0.4) is 0 Å². The Balaban J connectivity index is 1.90. The molecule has 0 atom stereocenters. The van der Waals surface area contributed by atoms with E-state index in [1.165, 1.54) is 0 Å². The highest BCUT2D eigenvalue weighted by Crippen LogP contribution is 2.22. The highest BCUT2D eigenvalue weighted by atomic mass is 79.9. The lowest BCUT2D eigenvalue weighted by Crippen LogP contribution is -2.20. The molecule has 0 aromatic heterocycles. The second-order valence-corrected chi connectivity index (χ2v) is 6.03. The molecule has 0 radical (unpaired) electrons. The van der Waals surface area contributed by atoms with Gasteiger partial charge in [0.1, 0.15) is 5.75 Å². The first-order valence-electron chi connectivity index (χ1n) is 6.16. The van der Waals surface area contributed by atoms with E-state index in [9.17, 15) is 4.79 Å². The molecule has 0 saturated heterocycles. The summed E-state index contributed by atoms with van der Waals surface area (Å²) in [5.41, 5.74) is 1.42. The Morgan fingerprint density at radius 1 is 1.14 bits per heavy atom. The minimum atomic E-state index is -0.245. The molecule has 0 unspecified atom stereocenters. The molecule has 6 heteroatoms. The topological polar surface area (TPSA) is 58.6 Å². The molecular weight excluding hydrogens is 402 g/mol. The van der Waals surface area contributed by atoms with Gasteiger partial charge in [-0.2, -0.15) is 0 Å². The van der Waals surface area contributed by atoms with E-state index in [2.05, 4.69) is 37.2 Å². The summed E-state index contributed by atoms with van der Waals surface area (Å²) < 4.78 is 7.16. The van der Waals surface area contributed by atoms with Crippen LogP contribution in [0.2, 0.25) is 0 Å². The van der Waals surface area contributed by atoms with Crippen molar-refractivity contribution in [2.75, 3.05) is 11.9 Å². The maximum Gasteiger partial charge on any atom is 0.262 e. The van der Waals surface area contributed by atoms with Crippen molar-refractivity contribution < 1.29 is 14.6 Å². The van der Waals surface area contributed by atoms with Gasteiger partial charge in [0.25, 0.3) is 5.91 Å². The summed E-state index contributed by atoms with van der Waals surface area (Å²) in [6, 6.07) is 12.5. The van der Waals surface area contributed by atoms with E-state index in [1.807, 2.05) is 12.1 Å². The van der Waals surface area contributed by atoms with Crippen LogP contribution >= 0.6 is 31.9 Å². The number of rotatable bonds is 5. The molecule has 0 aliphatic rings. The third-order valence-electron chi connectivity index (χ3n) is 2.69. The van der Waals surface area contributed by atoms with E-state index in [4.69, 9.17) is 9.84 Å². The molecule has 2 aromatic rings. The van der Waals surface area contributed by atoms with E-state index < -0.39 is 0 Å². The number of aliphatic hydroxyl groups excluding tert-OH is 1. The predicted octanol–water partition coefficient (Wildman–Crippen LogP) is 3.72. The largest absolute Gasteiger partial charge is 0.484 e. The Labute approximate surface area is 139 Å². The van der Waals surface area contributed by atoms with Crippen LogP contribution in [0.15, 0.2) is 51.4 Å². The molecule has 4 nitrogen and oxygen atoms in total. The van der Waals surface area contributed by atoms with Gasteiger partial charge in [-0.25, -0.2) is 0 Å². The van der Waals surface area contributed by atoms with Crippen molar-refractivity contribution in [1.82, 2.24) is 0 Å². The van der Waals surface area contributed by atoms with E-state index in [0.29, 0.717) is 17.0 Å². The monoisotopic (exact) mass is 413 g/mol. The molecule has 0 aliphatic carbocycles. The number of ether oxygens (including phenoxy) is 1. The van der Waals surface area contributed by atoms with Crippen molar-refractivity contribution in [3.8, 4) is 5.75 Å². The summed E-state index contributed by atoms with van der Waals surface area (Å²) in [6.45, 7) is -0.189. The van der Waals surface area contributed by atoms with Crippen LogP contribution in [0.5, 0.6) is 5.75 Å². The van der Waals surface area contributed by atoms with Crippen LogP contribution in [0.25, 0.3) is 0 Å². The summed E-state index contributed by atoms with van der Waals surface area (Å²) in [6.07, 6.45) is 0. The Bertz CT molecular complexity index is 629. The molecule has 0 saturated carbocycles. The molecule has 21 heavy (non-hydrogen) atoms. The Morgan fingerprint density at radius 3 is 2.52 bits per heavy atom. The van der Waals surface area contributed by atoms with Crippen molar-refractivity contribution in [2.24, 2.45) is 0 Å². The minimum Gasteiger partial charge on any atom is -0.484 e. The van der Waals surface area contributed by atoms with Gasteiger partial charge in [-0.05, 0) is 48.0 Å². The Hall–Kier alpha value is -1.37. The lowest BCUT2D eigenvalue weighted by Gasteiger charge is -2.09. The van der Waals surface area contributed by atoms with Gasteiger partial charge in [-0.1, -0.05) is 31.9 Å². The van der Waals surface area contributed by atoms with Crippen LogP contribution in [0.1, 0.15) is 5.56 Å². The Morgan fingerprint density at radius 2 is 1.86 bits per heavy atom. The SMILES string of the molecule is O=C(COc1ccc(Br)c(CO)c1)Nc1ccc(Br)cc1. The highest BCUT2D eigenvalue weighted by Gasteiger charge is 2.06. The molecule has 2 aromatic carbocycles. The zero-order chi connectivity index (χ0) is 15.2. The van der Waals surface area contributed by atoms with E-state index in [-0.39, 0.29) is 19.1 Å². The predicted molar refractivity (Wildman–Crippen MR) is 88.3 cm³/mol. The summed E-state index contributed by atoms with van der Waals surface area (Å²) >= 11 is 6.65. The van der Waals surface area contributed by atoms with Crippen molar-refractivity contribution in [2.45, 2.75) is 6.61 Å². The standard InChI is InChI=1S/C15H13Br2NO3/c16-11-1-3-12(4-2-11)18-15(20)9-21-13-5-6-14(17)10(7-13)8-19/h1-7,19H,8-9H2,(H,18,20). The van der Waals surface area contributed by atoms with E-state index in [1.54, 1.807) is 30.3 Å². The minimum absolute atomic E-state index is 0.0944. The van der Waals surface area contributed by atoms with Gasteiger partial charge in [0.05, 0.1) is 6.61 Å². The van der Waals surface area contributed by atoms with Crippen molar-refractivity contribution >= 4 is 43.5 Å². The molecule has 0 aliphatic heterocycles. The number of benzene rings is 2. The summed E-state index contributed by atoms with van der Waals surface area (Å²) in [5.74, 6) is 0.291. The summed E-state index contributed by atoms with van der Waals surface area (Å²) in [5, 5.41) is 11.9. The lowest BCUT2D eigenvalue weighted by atomic mass is 10.2. The first-order valence-corrected chi connectivity index (χ1v) is 7.74. The first-order chi connectivity index (χ1) is 10.1. The van der Waals surface area contributed by atoms with Crippen molar-refractivity contribution in [3.05, 3.63) is 57.0 Å². The number of amides is 1. The molecule has 0 fully saturated rings. The number of hydrogen-bond acceptors (Lipinski definition) is 3. The van der Waals surface area contributed by atoms with Crippen LogP contribution in [0.4, 0.5) is 5.69 Å². The first kappa shape index (κ1) is 16.0. The zero-order valence-corrected chi connectivity index (χ0v) is 14.1. The number of halogens is 2. The van der Waals surface area contributed by atoms with E-state index >= 15 is 0 Å². The van der Waals surface area contributed by atoms with E-state index in [0.717, 1.165) is 8.95 Å². The van der Waals surface area contributed by atoms with Gasteiger partial charge in [0.15, 0.2) is 6.61 Å². The number of anilines is 1. The van der Waals surface area contributed by atoms with Crippen molar-refractivity contribution in [1.29, 1.82) is 0 Å². The van der Waals surface area contributed by atoms with Crippen LogP contribution in [0, 0.1) is 0 Å². The van der Waals surface area contributed by atoms with Gasteiger partial charge in [0.2, 0.25) is 0 Å². The fourth-order valence-electron chi connectivity index (χ4n) is 1.64. The fraction of sp³-hybridized carbons (Fsp3) is 0.133. The number of carbonyl (C=O) groups is 1. The highest BCUT2D eigenvalue weighted by molar-refractivity contribution is 9.10. The quantitative estimate of drug-likeness (QED) is 0.783. The van der Waals surface area contributed by atoms with Gasteiger partial charge in [-0.3, -0.25) is 4.79 Å². The molecular formula is C15H13Br2NO3. The number of aliphatic hydroxyl groups is 1. The van der Waals surface area contributed by atoms with Gasteiger partial charge in [0, 0.05) is 14.6 Å². The Kier molecular flexibility index (Phi) is 5.78. The van der Waals surface area contributed by atoms with Crippen LogP contribution in [-0.4, -0.2) is 17.6 Å². The molecule has 1 amide bonds. The number of hydrogen-bond donors (Lipinski definition) is 2. The molecule has 110 valence electrons. The van der Waals surface area contributed by atoms with Crippen LogP contribution in [-0.2, 0) is 11.4 Å². The molecule has 2 N–H and O–H groups in total. The lowest BCUT2D eigenvalue weighted by molar-refractivity contribution is -0.118. The maximum absolute atomic E-state index is 11.8. The smallest absolute Gasteiger partial charge is 0.262 e. The third kappa shape index (κ3) is 4.84. The van der Waals surface area contributed by atoms with Gasteiger partial charge in [-0.15, -0.1) is 0 Å². The second-order valence-electron chi connectivity index (χ2n) is 4.26. The number of nitrogens with one attached hydrogen (secondary N) is 1. The van der Waals surface area contributed by atoms with Crippen LogP contribution < -0.4 is 10.1 Å². The zero-order valence-electron chi connectivity index (χ0n) is 11.0. The third-order valence-corrected chi connectivity index (χ3v) is 3.99. The molecule has 0 bridgehead atoms. The molecule has 0 heterocycles. The molecule has 2 rings (SSSR count). The second kappa shape index (κ2) is 7.59. The fourth-order valence-corrected chi connectivity index (χ4v) is 2.28. The molecule has 0 spiro atoms. The average molecular weight is 415 g/mol. The maximum atomic E-state index is 11.8. The average Bonchev–Trinajstić information content (AvgIpc) is 2.49. The van der Waals surface area contributed by atoms with Crippen molar-refractivity contribution in [3.63, 3.8) is 0 Å². The summed E-state index contributed by atoms with van der Waals surface area (Å²) in [7, 11) is 0. The summed E-state index contributed by atoms with van der Waals surface area (Å²) in [4.78, 5) is 11.8. The van der Waals surface area contributed by atoms with Gasteiger partial charge >= 0.3 is 0 Å². The number of carbonyl (C=O) groups excluding carboxylic acids is 1. The van der Waals surface area contributed by atoms with Gasteiger partial charge < -0.3 is 15.2 Å². The normalized spacial score (nSPS) is 10.2.